The zero-order chi connectivity index (χ0) is 26.8. The highest BCUT2D eigenvalue weighted by Gasteiger charge is 2.62. The second-order valence-corrected chi connectivity index (χ2v) is 19.7. The summed E-state index contributed by atoms with van der Waals surface area (Å²) in [4.78, 5) is 12.8. The molecule has 2 fully saturated rings. The van der Waals surface area contributed by atoms with Gasteiger partial charge in [-0.1, -0.05) is 61.5 Å². The minimum absolute atomic E-state index is 0.0107. The second-order valence-electron chi connectivity index (χ2n) is 10.8. The molecule has 2 aliphatic rings. The largest absolute Gasteiger partial charge is 0.465 e. The summed E-state index contributed by atoms with van der Waals surface area (Å²) in [5.41, 5.74) is 0.456. The first-order valence-electron chi connectivity index (χ1n) is 12.6. The number of rotatable bonds is 9. The molecule has 2 N–H and O–H groups in total. The third kappa shape index (κ3) is 5.78. The fourth-order valence-electron chi connectivity index (χ4n) is 5.24. The summed E-state index contributed by atoms with van der Waals surface area (Å²) in [6.45, 7) is 20.6. The molecule has 35 heavy (non-hydrogen) atoms. The molecule has 204 valence electrons. The van der Waals surface area contributed by atoms with Crippen molar-refractivity contribution in [3.63, 3.8) is 0 Å². The molecule has 0 saturated carbocycles. The number of aliphatic hydroxyl groups excluding tert-OH is 2. The maximum absolute atomic E-state index is 12.8. The topological polar surface area (TPSA) is 113 Å². The van der Waals surface area contributed by atoms with E-state index >= 15 is 0 Å². The SMILES string of the molecule is C=CCO[C@]1(C(=O)OC)C[C@@H](O)[C@@H](O)[C@@H]([C@@H]2CO[Si](C(C)C)(C(C)C)O[Si](C(C)C)(C(C)C)O2)O1. The molecule has 0 aromatic rings. The number of hydrogen-bond acceptors (Lipinski definition) is 9. The fourth-order valence-corrected chi connectivity index (χ4v) is 16.4. The van der Waals surface area contributed by atoms with Gasteiger partial charge in [0.1, 0.15) is 12.2 Å². The molecule has 5 atom stereocenters. The molecule has 0 aromatic carbocycles. The van der Waals surface area contributed by atoms with Crippen molar-refractivity contribution < 1.29 is 42.2 Å². The smallest absolute Gasteiger partial charge is 0.366 e. The van der Waals surface area contributed by atoms with E-state index in [0.717, 1.165) is 0 Å². The predicted octanol–water partition coefficient (Wildman–Crippen LogP) is 3.53. The predicted molar refractivity (Wildman–Crippen MR) is 136 cm³/mol. The Hall–Kier alpha value is -0.636. The second kappa shape index (κ2) is 11.8. The summed E-state index contributed by atoms with van der Waals surface area (Å²) < 4.78 is 37.4. The van der Waals surface area contributed by atoms with Crippen LogP contribution in [0.4, 0.5) is 0 Å². The molecule has 9 nitrogen and oxygen atoms in total. The van der Waals surface area contributed by atoms with Gasteiger partial charge in [-0.25, -0.2) is 4.79 Å². The summed E-state index contributed by atoms with van der Waals surface area (Å²) in [5, 5.41) is 21.8. The molecule has 0 aromatic heterocycles. The number of carbonyl (C=O) groups excluding carboxylic acids is 1. The Morgan fingerprint density at radius 1 is 1.06 bits per heavy atom. The Labute approximate surface area is 212 Å². The van der Waals surface area contributed by atoms with Crippen molar-refractivity contribution >= 4 is 23.1 Å². The van der Waals surface area contributed by atoms with Gasteiger partial charge in [0.15, 0.2) is 0 Å². The molecule has 0 radical (unpaired) electrons. The van der Waals surface area contributed by atoms with Gasteiger partial charge < -0.3 is 37.4 Å². The lowest BCUT2D eigenvalue weighted by Crippen LogP contribution is -2.65. The van der Waals surface area contributed by atoms with Gasteiger partial charge in [-0.15, -0.1) is 6.58 Å². The molecule has 0 amide bonds. The minimum Gasteiger partial charge on any atom is -0.465 e. The van der Waals surface area contributed by atoms with Gasteiger partial charge in [0.2, 0.25) is 0 Å². The van der Waals surface area contributed by atoms with Gasteiger partial charge >= 0.3 is 23.1 Å². The number of aliphatic hydroxyl groups is 2. The Kier molecular flexibility index (Phi) is 10.3. The number of methoxy groups -OCH3 is 1. The summed E-state index contributed by atoms with van der Waals surface area (Å²) in [6, 6.07) is 0. The highest BCUT2D eigenvalue weighted by atomic mass is 28.5. The molecule has 0 unspecified atom stereocenters. The van der Waals surface area contributed by atoms with Crippen LogP contribution in [0.1, 0.15) is 61.8 Å². The lowest BCUT2D eigenvalue weighted by atomic mass is 9.92. The Morgan fingerprint density at radius 3 is 2.06 bits per heavy atom. The van der Waals surface area contributed by atoms with Crippen LogP contribution in [-0.4, -0.2) is 83.8 Å². The van der Waals surface area contributed by atoms with E-state index in [9.17, 15) is 15.0 Å². The minimum atomic E-state index is -2.96. The van der Waals surface area contributed by atoms with Crippen molar-refractivity contribution in [3.8, 4) is 0 Å². The van der Waals surface area contributed by atoms with Gasteiger partial charge in [-0.3, -0.25) is 0 Å². The monoisotopic (exact) mass is 534 g/mol. The van der Waals surface area contributed by atoms with Crippen LogP contribution in [0.5, 0.6) is 0 Å². The van der Waals surface area contributed by atoms with Crippen LogP contribution in [0.15, 0.2) is 12.7 Å². The van der Waals surface area contributed by atoms with Crippen molar-refractivity contribution in [2.75, 3.05) is 20.3 Å². The zero-order valence-electron chi connectivity index (χ0n) is 22.8. The quantitative estimate of drug-likeness (QED) is 0.261. The highest BCUT2D eigenvalue weighted by Crippen LogP contribution is 2.47. The molecule has 11 heteroatoms. The van der Waals surface area contributed by atoms with E-state index in [0.29, 0.717) is 0 Å². The van der Waals surface area contributed by atoms with Crippen LogP contribution >= 0.6 is 0 Å². The van der Waals surface area contributed by atoms with Crippen molar-refractivity contribution in [2.24, 2.45) is 0 Å². The molecule has 0 aliphatic carbocycles. The van der Waals surface area contributed by atoms with E-state index in [1.807, 2.05) is 0 Å². The molecule has 2 heterocycles. The summed E-state index contributed by atoms with van der Waals surface area (Å²) >= 11 is 0. The number of ether oxygens (including phenoxy) is 3. The highest BCUT2D eigenvalue weighted by molar-refractivity contribution is 6.84. The summed E-state index contributed by atoms with van der Waals surface area (Å²) in [6.07, 6.45) is -3.36. The Morgan fingerprint density at radius 2 is 1.60 bits per heavy atom. The third-order valence-corrected chi connectivity index (χ3v) is 17.5. The van der Waals surface area contributed by atoms with E-state index in [4.69, 9.17) is 27.2 Å². The van der Waals surface area contributed by atoms with E-state index in [2.05, 4.69) is 62.0 Å². The van der Waals surface area contributed by atoms with E-state index in [1.165, 1.54) is 13.2 Å². The van der Waals surface area contributed by atoms with Gasteiger partial charge in [0.05, 0.1) is 32.5 Å². The van der Waals surface area contributed by atoms with E-state index in [1.54, 1.807) is 0 Å². The Balaban J connectivity index is 2.59. The van der Waals surface area contributed by atoms with Gasteiger partial charge in [-0.2, -0.15) is 0 Å². The standard InChI is InChI=1S/C24H46O9Si2/c1-11-12-29-24(23(27)28-10)13-19(25)21(26)22(31-24)20-14-30-34(15(2)3,16(4)5)33-35(32-20,17(6)7)18(8)9/h11,15-22,25-26H,1,12-14H2,2-10H3/t19-,20+,21-,22-,24-/m1/s1. The molecular weight excluding hydrogens is 488 g/mol. The first kappa shape index (κ1) is 30.6. The van der Waals surface area contributed by atoms with Crippen LogP contribution in [0.3, 0.4) is 0 Å². The first-order chi connectivity index (χ1) is 16.2. The maximum Gasteiger partial charge on any atom is 0.366 e. The number of esters is 1. The van der Waals surface area contributed by atoms with E-state index < -0.39 is 53.3 Å². The summed E-state index contributed by atoms with van der Waals surface area (Å²) in [7, 11) is -4.52. The fraction of sp³-hybridized carbons (Fsp3) is 0.875. The van der Waals surface area contributed by atoms with Crippen LogP contribution in [0.2, 0.25) is 22.2 Å². The van der Waals surface area contributed by atoms with Crippen LogP contribution < -0.4 is 0 Å². The third-order valence-electron chi connectivity index (χ3n) is 7.18. The molecule has 2 rings (SSSR count). The molecule has 0 spiro atoms. The van der Waals surface area contributed by atoms with Crippen LogP contribution in [-0.2, 0) is 32.0 Å². The van der Waals surface area contributed by atoms with Gasteiger partial charge in [0.25, 0.3) is 5.79 Å². The maximum atomic E-state index is 12.8. The van der Waals surface area contributed by atoms with Crippen LogP contribution in [0, 0.1) is 0 Å². The Bertz CT molecular complexity index is 714. The lowest BCUT2D eigenvalue weighted by Gasteiger charge is -2.48. The van der Waals surface area contributed by atoms with E-state index in [-0.39, 0.29) is 41.8 Å². The van der Waals surface area contributed by atoms with Gasteiger partial charge in [0, 0.05) is 6.42 Å². The molecular formula is C24H46O9Si2. The average molecular weight is 535 g/mol. The molecule has 2 saturated heterocycles. The lowest BCUT2D eigenvalue weighted by molar-refractivity contribution is -0.320. The number of carbonyl (C=O) groups is 1. The number of hydrogen-bond donors (Lipinski definition) is 2. The zero-order valence-corrected chi connectivity index (χ0v) is 24.8. The summed E-state index contributed by atoms with van der Waals surface area (Å²) in [5.74, 6) is -2.71. The van der Waals surface area contributed by atoms with Gasteiger partial charge in [-0.05, 0) is 22.2 Å². The molecule has 0 bridgehead atoms. The van der Waals surface area contributed by atoms with Crippen LogP contribution in [0.25, 0.3) is 0 Å². The van der Waals surface area contributed by atoms with Crippen molar-refractivity contribution in [1.29, 1.82) is 0 Å². The van der Waals surface area contributed by atoms with Crippen molar-refractivity contribution in [1.82, 2.24) is 0 Å². The molecule has 2 aliphatic heterocycles. The average Bonchev–Trinajstić information content (AvgIpc) is 2.99. The normalized spacial score (nSPS) is 33.2. The van der Waals surface area contributed by atoms with Crippen molar-refractivity contribution in [2.45, 2.75) is 114 Å². The first-order valence-corrected chi connectivity index (χ1v) is 16.6. The van der Waals surface area contributed by atoms with Crippen molar-refractivity contribution in [3.05, 3.63) is 12.7 Å².